The first-order valence-electron chi connectivity index (χ1n) is 9.21. The number of amides is 2. The lowest BCUT2D eigenvalue weighted by molar-refractivity contribution is -0.123. The zero-order valence-corrected chi connectivity index (χ0v) is 16.1. The first kappa shape index (κ1) is 19.0. The smallest absolute Gasteiger partial charge is 0.265 e. The highest BCUT2D eigenvalue weighted by atomic mass is 16.5. The summed E-state index contributed by atoms with van der Waals surface area (Å²) in [7, 11) is 0. The second kappa shape index (κ2) is 7.86. The van der Waals surface area contributed by atoms with Crippen molar-refractivity contribution in [2.24, 2.45) is 0 Å². The average Bonchev–Trinajstić information content (AvgIpc) is 3.14. The van der Waals surface area contributed by atoms with E-state index in [9.17, 15) is 9.59 Å². The Morgan fingerprint density at radius 2 is 2.07 bits per heavy atom. The summed E-state index contributed by atoms with van der Waals surface area (Å²) in [4.78, 5) is 26.1. The average molecular weight is 370 g/mol. The molecule has 6 nitrogen and oxygen atoms in total. The third-order valence-electron chi connectivity index (χ3n) is 4.59. The van der Waals surface area contributed by atoms with Crippen molar-refractivity contribution in [3.8, 4) is 5.75 Å². The lowest BCUT2D eigenvalue weighted by Crippen LogP contribution is -2.40. The Labute approximate surface area is 159 Å². The number of benzene rings is 1. The Balaban J connectivity index is 1.60. The van der Waals surface area contributed by atoms with E-state index in [2.05, 4.69) is 26.1 Å². The summed E-state index contributed by atoms with van der Waals surface area (Å²) in [6.07, 6.45) is 2.50. The molecule has 0 radical (unpaired) electrons. The van der Waals surface area contributed by atoms with Crippen LogP contribution in [0.2, 0.25) is 0 Å². The van der Waals surface area contributed by atoms with Crippen molar-refractivity contribution in [1.29, 1.82) is 0 Å². The van der Waals surface area contributed by atoms with Gasteiger partial charge < -0.3 is 19.4 Å². The van der Waals surface area contributed by atoms with Crippen LogP contribution in [-0.2, 0) is 21.5 Å². The minimum absolute atomic E-state index is 0.0209. The molecule has 0 aliphatic carbocycles. The first-order chi connectivity index (χ1) is 12.8. The molecule has 0 spiro atoms. The van der Waals surface area contributed by atoms with Gasteiger partial charge in [0.15, 0.2) is 6.61 Å². The van der Waals surface area contributed by atoms with Gasteiger partial charge in [-0.15, -0.1) is 0 Å². The number of hydrogen-bond donors (Lipinski definition) is 1. The highest BCUT2D eigenvalue weighted by molar-refractivity contribution is 5.98. The van der Waals surface area contributed by atoms with E-state index in [1.54, 1.807) is 17.2 Å². The van der Waals surface area contributed by atoms with E-state index in [0.29, 0.717) is 31.7 Å². The summed E-state index contributed by atoms with van der Waals surface area (Å²) in [5.41, 5.74) is 1.91. The van der Waals surface area contributed by atoms with E-state index in [0.717, 1.165) is 17.0 Å². The van der Waals surface area contributed by atoms with Crippen molar-refractivity contribution < 1.29 is 18.7 Å². The van der Waals surface area contributed by atoms with Crippen molar-refractivity contribution in [2.45, 2.75) is 45.6 Å². The van der Waals surface area contributed by atoms with Gasteiger partial charge in [0.1, 0.15) is 11.5 Å². The number of furan rings is 1. The maximum absolute atomic E-state index is 12.4. The summed E-state index contributed by atoms with van der Waals surface area (Å²) < 4.78 is 10.8. The predicted molar refractivity (Wildman–Crippen MR) is 103 cm³/mol. The Bertz CT molecular complexity index is 806. The van der Waals surface area contributed by atoms with Crippen molar-refractivity contribution >= 4 is 17.5 Å². The Hall–Kier alpha value is -2.76. The largest absolute Gasteiger partial charge is 0.482 e. The highest BCUT2D eigenvalue weighted by Gasteiger charge is 2.27. The molecule has 1 aromatic carbocycles. The van der Waals surface area contributed by atoms with Gasteiger partial charge in [-0.3, -0.25) is 9.59 Å². The third-order valence-corrected chi connectivity index (χ3v) is 4.59. The van der Waals surface area contributed by atoms with Crippen LogP contribution in [0.3, 0.4) is 0 Å². The number of fused-ring (bicyclic) bond motifs is 1. The highest BCUT2D eigenvalue weighted by Crippen LogP contribution is 2.36. The van der Waals surface area contributed by atoms with E-state index in [-0.39, 0.29) is 23.8 Å². The molecule has 0 fully saturated rings. The van der Waals surface area contributed by atoms with Gasteiger partial charge in [-0.1, -0.05) is 26.8 Å². The van der Waals surface area contributed by atoms with Crippen LogP contribution >= 0.6 is 0 Å². The van der Waals surface area contributed by atoms with E-state index in [1.165, 1.54) is 0 Å². The molecule has 2 amide bonds. The molecule has 27 heavy (non-hydrogen) atoms. The SMILES string of the molecule is CC(C)(C)c1ccc2c(c1)N(CCCC(=O)NCc1ccco1)C(=O)CO2. The van der Waals surface area contributed by atoms with Crippen LogP contribution < -0.4 is 15.0 Å². The zero-order chi connectivity index (χ0) is 19.4. The molecule has 0 atom stereocenters. The van der Waals surface area contributed by atoms with Gasteiger partial charge in [-0.05, 0) is 41.7 Å². The fourth-order valence-corrected chi connectivity index (χ4v) is 3.00. The summed E-state index contributed by atoms with van der Waals surface area (Å²) in [6, 6.07) is 9.58. The van der Waals surface area contributed by atoms with Crippen LogP contribution in [0.25, 0.3) is 0 Å². The van der Waals surface area contributed by atoms with Crippen LogP contribution in [0.15, 0.2) is 41.0 Å². The summed E-state index contributed by atoms with van der Waals surface area (Å²) in [5, 5.41) is 2.82. The van der Waals surface area contributed by atoms with Crippen molar-refractivity contribution in [1.82, 2.24) is 5.32 Å². The monoisotopic (exact) mass is 370 g/mol. The molecule has 0 saturated carbocycles. The predicted octanol–water partition coefficient (Wildman–Crippen LogP) is 3.40. The summed E-state index contributed by atoms with van der Waals surface area (Å²) >= 11 is 0. The molecule has 1 N–H and O–H groups in total. The van der Waals surface area contributed by atoms with E-state index >= 15 is 0 Å². The van der Waals surface area contributed by atoms with Gasteiger partial charge in [-0.2, -0.15) is 0 Å². The third kappa shape index (κ3) is 4.70. The molecule has 1 aliphatic heterocycles. The summed E-state index contributed by atoms with van der Waals surface area (Å²) in [5.74, 6) is 1.29. The fraction of sp³-hybridized carbons (Fsp3) is 0.429. The molecule has 0 unspecified atom stereocenters. The van der Waals surface area contributed by atoms with Gasteiger partial charge in [-0.25, -0.2) is 0 Å². The number of rotatable bonds is 6. The minimum atomic E-state index is -0.0791. The van der Waals surface area contributed by atoms with Gasteiger partial charge in [0.25, 0.3) is 5.91 Å². The van der Waals surface area contributed by atoms with Crippen LogP contribution in [-0.4, -0.2) is 25.0 Å². The van der Waals surface area contributed by atoms with Gasteiger partial charge in [0.2, 0.25) is 5.91 Å². The standard InChI is InChI=1S/C21H26N2O4/c1-21(2,3)15-8-9-18-17(12-15)23(20(25)14-27-18)10-4-7-19(24)22-13-16-6-5-11-26-16/h5-6,8-9,11-12H,4,7,10,13-14H2,1-3H3,(H,22,24). The molecule has 144 valence electrons. The van der Waals surface area contributed by atoms with Crippen LogP contribution in [0.1, 0.15) is 44.9 Å². The fourth-order valence-electron chi connectivity index (χ4n) is 3.00. The number of anilines is 1. The Kier molecular flexibility index (Phi) is 5.54. The molecule has 0 saturated heterocycles. The maximum Gasteiger partial charge on any atom is 0.265 e. The Morgan fingerprint density at radius 1 is 1.26 bits per heavy atom. The van der Waals surface area contributed by atoms with E-state index in [1.807, 2.05) is 24.3 Å². The second-order valence-corrected chi connectivity index (χ2v) is 7.73. The van der Waals surface area contributed by atoms with Crippen LogP contribution in [0.5, 0.6) is 5.75 Å². The topological polar surface area (TPSA) is 71.8 Å². The van der Waals surface area contributed by atoms with E-state index in [4.69, 9.17) is 9.15 Å². The number of carbonyl (C=O) groups excluding carboxylic acids is 2. The van der Waals surface area contributed by atoms with Crippen LogP contribution in [0, 0.1) is 0 Å². The van der Waals surface area contributed by atoms with Gasteiger partial charge in [0, 0.05) is 13.0 Å². The zero-order valence-electron chi connectivity index (χ0n) is 16.1. The van der Waals surface area contributed by atoms with Crippen LogP contribution in [0.4, 0.5) is 5.69 Å². The maximum atomic E-state index is 12.4. The van der Waals surface area contributed by atoms with Crippen molar-refractivity contribution in [3.63, 3.8) is 0 Å². The molecule has 2 aromatic rings. The van der Waals surface area contributed by atoms with Gasteiger partial charge in [0.05, 0.1) is 18.5 Å². The number of nitrogens with one attached hydrogen (secondary N) is 1. The lowest BCUT2D eigenvalue weighted by atomic mass is 9.86. The quantitative estimate of drug-likeness (QED) is 0.846. The Morgan fingerprint density at radius 3 is 2.78 bits per heavy atom. The molecule has 0 bridgehead atoms. The minimum Gasteiger partial charge on any atom is -0.482 e. The molecular formula is C21H26N2O4. The molecule has 3 rings (SSSR count). The second-order valence-electron chi connectivity index (χ2n) is 7.73. The van der Waals surface area contributed by atoms with E-state index < -0.39 is 0 Å². The number of carbonyl (C=O) groups is 2. The lowest BCUT2D eigenvalue weighted by Gasteiger charge is -2.31. The molecule has 1 aromatic heterocycles. The molecule has 2 heterocycles. The van der Waals surface area contributed by atoms with Crippen molar-refractivity contribution in [3.05, 3.63) is 47.9 Å². The molecule has 6 heteroatoms. The number of hydrogen-bond acceptors (Lipinski definition) is 4. The molecular weight excluding hydrogens is 344 g/mol. The first-order valence-corrected chi connectivity index (χ1v) is 9.21. The number of ether oxygens (including phenoxy) is 1. The normalized spacial score (nSPS) is 13.9. The number of nitrogens with zero attached hydrogens (tertiary/aromatic N) is 1. The van der Waals surface area contributed by atoms with Crippen molar-refractivity contribution in [2.75, 3.05) is 18.1 Å². The van der Waals surface area contributed by atoms with Gasteiger partial charge >= 0.3 is 0 Å². The summed E-state index contributed by atoms with van der Waals surface area (Å²) in [6.45, 7) is 7.29. The molecule has 1 aliphatic rings.